The number of benzene rings is 2. The van der Waals surface area contributed by atoms with Crippen LogP contribution in [0.4, 0.5) is 0 Å². The molecule has 4 nitrogen and oxygen atoms in total. The Morgan fingerprint density at radius 3 is 2.80 bits per heavy atom. The van der Waals surface area contributed by atoms with Crippen LogP contribution in [0.1, 0.15) is 17.3 Å². The van der Waals surface area contributed by atoms with Gasteiger partial charge in [0.2, 0.25) is 0 Å². The molecule has 0 bridgehead atoms. The summed E-state index contributed by atoms with van der Waals surface area (Å²) in [6, 6.07) is 13.2. The van der Waals surface area contributed by atoms with Crippen molar-refractivity contribution in [3.05, 3.63) is 48.0 Å². The SMILES string of the molecule is COc1cccc(-c2nc3ccc(C(C)=O)cc3[nH]2)c1. The van der Waals surface area contributed by atoms with Crippen molar-refractivity contribution >= 4 is 16.8 Å². The van der Waals surface area contributed by atoms with Crippen molar-refractivity contribution in [2.24, 2.45) is 0 Å². The Bertz CT molecular complexity index is 790. The Balaban J connectivity index is 2.10. The van der Waals surface area contributed by atoms with E-state index < -0.39 is 0 Å². The molecule has 1 N–H and O–H groups in total. The number of nitrogens with zero attached hydrogens (tertiary/aromatic N) is 1. The van der Waals surface area contributed by atoms with Gasteiger partial charge in [-0.1, -0.05) is 12.1 Å². The first kappa shape index (κ1) is 12.4. The van der Waals surface area contributed by atoms with Crippen LogP contribution in [0.5, 0.6) is 5.75 Å². The molecule has 0 amide bonds. The molecule has 2 aromatic carbocycles. The predicted molar refractivity (Wildman–Crippen MR) is 78.1 cm³/mol. The van der Waals surface area contributed by atoms with Crippen LogP contribution in [-0.4, -0.2) is 22.9 Å². The van der Waals surface area contributed by atoms with Gasteiger partial charge >= 0.3 is 0 Å². The monoisotopic (exact) mass is 266 g/mol. The van der Waals surface area contributed by atoms with E-state index in [1.54, 1.807) is 20.1 Å². The Morgan fingerprint density at radius 1 is 1.20 bits per heavy atom. The van der Waals surface area contributed by atoms with E-state index in [0.717, 1.165) is 28.2 Å². The first-order valence-electron chi connectivity index (χ1n) is 6.32. The standard InChI is InChI=1S/C16H14N2O2/c1-10(19)11-6-7-14-15(9-11)18-16(17-14)12-4-3-5-13(8-12)20-2/h3-9H,1-2H3,(H,17,18). The lowest BCUT2D eigenvalue weighted by molar-refractivity contribution is 0.101. The maximum absolute atomic E-state index is 11.4. The van der Waals surface area contributed by atoms with Gasteiger partial charge in [-0.2, -0.15) is 0 Å². The molecule has 0 radical (unpaired) electrons. The molecule has 1 aromatic heterocycles. The number of H-pyrrole nitrogens is 1. The van der Waals surface area contributed by atoms with E-state index in [0.29, 0.717) is 5.56 Å². The van der Waals surface area contributed by atoms with Gasteiger partial charge in [0.05, 0.1) is 18.1 Å². The fourth-order valence-electron chi connectivity index (χ4n) is 2.14. The molecule has 100 valence electrons. The summed E-state index contributed by atoms with van der Waals surface area (Å²) in [7, 11) is 1.64. The van der Waals surface area contributed by atoms with Gasteiger partial charge in [-0.15, -0.1) is 0 Å². The summed E-state index contributed by atoms with van der Waals surface area (Å²) in [5, 5.41) is 0. The molecule has 0 aliphatic carbocycles. The number of aromatic nitrogens is 2. The molecule has 0 aliphatic rings. The van der Waals surface area contributed by atoms with Crippen LogP contribution in [0.2, 0.25) is 0 Å². The number of hydrogen-bond donors (Lipinski definition) is 1. The second-order valence-electron chi connectivity index (χ2n) is 4.61. The van der Waals surface area contributed by atoms with E-state index in [9.17, 15) is 4.79 Å². The summed E-state index contributed by atoms with van der Waals surface area (Å²) in [4.78, 5) is 19.2. The second-order valence-corrected chi connectivity index (χ2v) is 4.61. The summed E-state index contributed by atoms with van der Waals surface area (Å²) in [5.74, 6) is 1.59. The highest BCUT2D eigenvalue weighted by Crippen LogP contribution is 2.24. The summed E-state index contributed by atoms with van der Waals surface area (Å²) in [6.07, 6.45) is 0. The Morgan fingerprint density at radius 2 is 2.05 bits per heavy atom. The normalized spacial score (nSPS) is 10.7. The number of ether oxygens (including phenoxy) is 1. The summed E-state index contributed by atoms with van der Waals surface area (Å²) >= 11 is 0. The van der Waals surface area contributed by atoms with Crippen molar-refractivity contribution in [1.82, 2.24) is 9.97 Å². The van der Waals surface area contributed by atoms with Gasteiger partial charge in [-0.3, -0.25) is 4.79 Å². The molecule has 1 heterocycles. The molecule has 0 spiro atoms. The van der Waals surface area contributed by atoms with Gasteiger partial charge in [0.25, 0.3) is 0 Å². The number of hydrogen-bond acceptors (Lipinski definition) is 3. The van der Waals surface area contributed by atoms with Crippen LogP contribution in [0.3, 0.4) is 0 Å². The molecule has 0 unspecified atom stereocenters. The van der Waals surface area contributed by atoms with Gasteiger partial charge in [-0.05, 0) is 37.3 Å². The van der Waals surface area contributed by atoms with Crippen LogP contribution in [0, 0.1) is 0 Å². The largest absolute Gasteiger partial charge is 0.497 e. The van der Waals surface area contributed by atoms with Crippen molar-refractivity contribution in [3.8, 4) is 17.1 Å². The number of methoxy groups -OCH3 is 1. The maximum Gasteiger partial charge on any atom is 0.159 e. The lowest BCUT2D eigenvalue weighted by atomic mass is 10.1. The molecule has 0 atom stereocenters. The van der Waals surface area contributed by atoms with Crippen molar-refractivity contribution in [3.63, 3.8) is 0 Å². The lowest BCUT2D eigenvalue weighted by Gasteiger charge is -2.01. The average molecular weight is 266 g/mol. The highest BCUT2D eigenvalue weighted by atomic mass is 16.5. The molecular weight excluding hydrogens is 252 g/mol. The van der Waals surface area contributed by atoms with Crippen LogP contribution >= 0.6 is 0 Å². The van der Waals surface area contributed by atoms with E-state index in [1.165, 1.54) is 0 Å². The maximum atomic E-state index is 11.4. The summed E-state index contributed by atoms with van der Waals surface area (Å²) < 4.78 is 5.21. The molecule has 3 aromatic rings. The number of fused-ring (bicyclic) bond motifs is 1. The highest BCUT2D eigenvalue weighted by Gasteiger charge is 2.08. The van der Waals surface area contributed by atoms with Gasteiger partial charge in [-0.25, -0.2) is 4.98 Å². The molecule has 20 heavy (non-hydrogen) atoms. The zero-order valence-corrected chi connectivity index (χ0v) is 11.3. The second kappa shape index (κ2) is 4.81. The number of Topliss-reactive ketones (excluding diaryl/α,β-unsaturated/α-hetero) is 1. The van der Waals surface area contributed by atoms with Crippen LogP contribution < -0.4 is 4.74 Å². The van der Waals surface area contributed by atoms with Crippen LogP contribution in [-0.2, 0) is 0 Å². The molecule has 0 saturated carbocycles. The van der Waals surface area contributed by atoms with Crippen LogP contribution in [0.15, 0.2) is 42.5 Å². The molecular formula is C16H14N2O2. The quantitative estimate of drug-likeness (QED) is 0.739. The van der Waals surface area contributed by atoms with E-state index in [-0.39, 0.29) is 5.78 Å². The Hall–Kier alpha value is -2.62. The van der Waals surface area contributed by atoms with Crippen molar-refractivity contribution in [2.75, 3.05) is 7.11 Å². The zero-order valence-electron chi connectivity index (χ0n) is 11.3. The van der Waals surface area contributed by atoms with Crippen molar-refractivity contribution in [2.45, 2.75) is 6.92 Å². The third-order valence-electron chi connectivity index (χ3n) is 3.23. The topological polar surface area (TPSA) is 55.0 Å². The smallest absolute Gasteiger partial charge is 0.159 e. The molecule has 4 heteroatoms. The number of aromatic amines is 1. The molecule has 0 fully saturated rings. The zero-order chi connectivity index (χ0) is 14.1. The minimum absolute atomic E-state index is 0.0458. The highest BCUT2D eigenvalue weighted by molar-refractivity contribution is 5.97. The van der Waals surface area contributed by atoms with E-state index in [2.05, 4.69) is 9.97 Å². The first-order valence-corrected chi connectivity index (χ1v) is 6.32. The number of carbonyl (C=O) groups excluding carboxylic acids is 1. The number of ketones is 1. The van der Waals surface area contributed by atoms with Gasteiger partial charge in [0.1, 0.15) is 11.6 Å². The Labute approximate surface area is 116 Å². The summed E-state index contributed by atoms with van der Waals surface area (Å²) in [6.45, 7) is 1.56. The molecule has 3 rings (SSSR count). The number of nitrogens with one attached hydrogen (secondary N) is 1. The minimum Gasteiger partial charge on any atom is -0.497 e. The average Bonchev–Trinajstić information content (AvgIpc) is 2.90. The van der Waals surface area contributed by atoms with Gasteiger partial charge < -0.3 is 9.72 Å². The first-order chi connectivity index (χ1) is 9.67. The van der Waals surface area contributed by atoms with E-state index in [1.807, 2.05) is 36.4 Å². The number of imidazole rings is 1. The Kier molecular flexibility index (Phi) is 2.99. The van der Waals surface area contributed by atoms with E-state index >= 15 is 0 Å². The predicted octanol–water partition coefficient (Wildman–Crippen LogP) is 3.44. The van der Waals surface area contributed by atoms with Crippen molar-refractivity contribution < 1.29 is 9.53 Å². The van der Waals surface area contributed by atoms with Gasteiger partial charge in [0.15, 0.2) is 5.78 Å². The fraction of sp³-hybridized carbons (Fsp3) is 0.125. The molecule has 0 saturated heterocycles. The third kappa shape index (κ3) is 2.16. The van der Waals surface area contributed by atoms with E-state index in [4.69, 9.17) is 4.74 Å². The van der Waals surface area contributed by atoms with Crippen LogP contribution in [0.25, 0.3) is 22.4 Å². The number of carbonyl (C=O) groups is 1. The van der Waals surface area contributed by atoms with Gasteiger partial charge in [0, 0.05) is 11.1 Å². The molecule has 0 aliphatic heterocycles. The number of rotatable bonds is 3. The minimum atomic E-state index is 0.0458. The third-order valence-corrected chi connectivity index (χ3v) is 3.23. The fourth-order valence-corrected chi connectivity index (χ4v) is 2.14. The summed E-state index contributed by atoms with van der Waals surface area (Å²) in [5.41, 5.74) is 3.33. The van der Waals surface area contributed by atoms with Crippen molar-refractivity contribution in [1.29, 1.82) is 0 Å². The lowest BCUT2D eigenvalue weighted by Crippen LogP contribution is -1.90.